The van der Waals surface area contributed by atoms with Crippen LogP contribution >= 0.6 is 11.6 Å². The molecular formula is C24H21ClFN5O3. The van der Waals surface area contributed by atoms with Crippen LogP contribution in [0.2, 0.25) is 5.02 Å². The minimum Gasteiger partial charge on any atom is -0.425 e. The van der Waals surface area contributed by atoms with Crippen molar-refractivity contribution in [2.45, 2.75) is 49.6 Å². The lowest BCUT2D eigenvalue weighted by atomic mass is 9.65. The molecule has 10 heteroatoms. The van der Waals surface area contributed by atoms with Crippen molar-refractivity contribution >= 4 is 29.2 Å². The van der Waals surface area contributed by atoms with E-state index in [4.69, 9.17) is 16.0 Å². The van der Waals surface area contributed by atoms with Crippen LogP contribution in [0.25, 0.3) is 0 Å². The van der Waals surface area contributed by atoms with Crippen LogP contribution in [0.15, 0.2) is 47.0 Å². The van der Waals surface area contributed by atoms with Gasteiger partial charge in [-0.05, 0) is 55.5 Å². The predicted molar refractivity (Wildman–Crippen MR) is 120 cm³/mol. The molecular weight excluding hydrogens is 461 g/mol. The van der Waals surface area contributed by atoms with E-state index in [9.17, 15) is 14.0 Å². The van der Waals surface area contributed by atoms with Crippen LogP contribution < -0.4 is 4.90 Å². The normalized spacial score (nSPS) is 24.6. The summed E-state index contributed by atoms with van der Waals surface area (Å²) < 4.78 is 19.3. The lowest BCUT2D eigenvalue weighted by Crippen LogP contribution is -2.72. The van der Waals surface area contributed by atoms with Gasteiger partial charge in [-0.2, -0.15) is 0 Å². The van der Waals surface area contributed by atoms with E-state index in [-0.39, 0.29) is 36.6 Å². The van der Waals surface area contributed by atoms with Gasteiger partial charge in [0.2, 0.25) is 17.7 Å². The molecule has 1 aromatic carbocycles. The van der Waals surface area contributed by atoms with E-state index in [2.05, 4.69) is 15.2 Å². The first-order valence-corrected chi connectivity index (χ1v) is 11.6. The topological polar surface area (TPSA) is 92.4 Å². The number of benzene rings is 1. The summed E-state index contributed by atoms with van der Waals surface area (Å²) in [5.41, 5.74) is -0.318. The lowest BCUT2D eigenvalue weighted by molar-refractivity contribution is -0.160. The van der Waals surface area contributed by atoms with Gasteiger partial charge >= 0.3 is 0 Å². The molecule has 0 unspecified atom stereocenters. The summed E-state index contributed by atoms with van der Waals surface area (Å²) in [4.78, 5) is 34.5. The van der Waals surface area contributed by atoms with E-state index < -0.39 is 5.54 Å². The average Bonchev–Trinajstić information content (AvgIpc) is 3.54. The molecule has 3 fully saturated rings. The molecule has 0 bridgehead atoms. The number of hydrogen-bond acceptors (Lipinski definition) is 6. The number of anilines is 1. The van der Waals surface area contributed by atoms with Crippen LogP contribution in [-0.2, 0) is 16.1 Å². The summed E-state index contributed by atoms with van der Waals surface area (Å²) in [6.45, 7) is 0.0735. The molecule has 1 saturated heterocycles. The molecule has 0 radical (unpaired) electrons. The molecule has 3 aliphatic rings. The van der Waals surface area contributed by atoms with Crippen LogP contribution in [0.3, 0.4) is 0 Å². The van der Waals surface area contributed by atoms with Gasteiger partial charge in [0.25, 0.3) is 5.91 Å². The Morgan fingerprint density at radius 2 is 1.74 bits per heavy atom. The molecule has 3 aromatic rings. The van der Waals surface area contributed by atoms with Crippen molar-refractivity contribution in [1.82, 2.24) is 20.1 Å². The van der Waals surface area contributed by atoms with Crippen molar-refractivity contribution in [1.29, 1.82) is 0 Å². The molecule has 2 aromatic heterocycles. The van der Waals surface area contributed by atoms with Gasteiger partial charge in [0.05, 0.1) is 5.02 Å². The van der Waals surface area contributed by atoms with Crippen molar-refractivity contribution in [3.05, 3.63) is 70.8 Å². The third-order valence-electron chi connectivity index (χ3n) is 6.90. The standard InChI is InChI=1S/C24H21ClFN5O3/c25-17-5-8-19(27-11-17)30-13-20(32)31(12-14-1-6-18(26)7-2-14)24(23(30)33)9-16(10-24)22-29-28-21(34-22)15-3-4-15/h1-2,5-8,11,15-16H,3-4,9-10,12-13H2/t16-,24-. The molecule has 34 heavy (non-hydrogen) atoms. The summed E-state index contributed by atoms with van der Waals surface area (Å²) in [5.74, 6) is 0.992. The highest BCUT2D eigenvalue weighted by molar-refractivity contribution is 6.30. The van der Waals surface area contributed by atoms with E-state index in [1.807, 2.05) is 0 Å². The Bertz CT molecular complexity index is 1250. The Kier molecular flexibility index (Phi) is 4.91. The van der Waals surface area contributed by atoms with Gasteiger partial charge < -0.3 is 9.32 Å². The van der Waals surface area contributed by atoms with Crippen LogP contribution in [0.4, 0.5) is 10.2 Å². The molecule has 174 valence electrons. The number of carbonyl (C=O) groups is 2. The molecule has 1 aliphatic heterocycles. The Morgan fingerprint density at radius 3 is 2.38 bits per heavy atom. The van der Waals surface area contributed by atoms with Crippen molar-refractivity contribution < 1.29 is 18.4 Å². The van der Waals surface area contributed by atoms with Gasteiger partial charge in [-0.15, -0.1) is 10.2 Å². The number of piperazine rings is 1. The zero-order valence-corrected chi connectivity index (χ0v) is 18.9. The second kappa shape index (κ2) is 7.87. The van der Waals surface area contributed by atoms with Gasteiger partial charge in [0.15, 0.2) is 0 Å². The highest BCUT2D eigenvalue weighted by Crippen LogP contribution is 2.52. The molecule has 3 heterocycles. The third-order valence-corrected chi connectivity index (χ3v) is 7.12. The first kappa shape index (κ1) is 21.2. The van der Waals surface area contributed by atoms with E-state index in [0.29, 0.717) is 41.4 Å². The van der Waals surface area contributed by atoms with Crippen LogP contribution in [0.1, 0.15) is 54.9 Å². The first-order valence-electron chi connectivity index (χ1n) is 11.2. The predicted octanol–water partition coefficient (Wildman–Crippen LogP) is 3.83. The number of pyridine rings is 1. The van der Waals surface area contributed by atoms with E-state index in [1.165, 1.54) is 23.2 Å². The number of halogens is 2. The fourth-order valence-corrected chi connectivity index (χ4v) is 4.97. The highest BCUT2D eigenvalue weighted by atomic mass is 35.5. The van der Waals surface area contributed by atoms with Crippen molar-refractivity contribution in [2.24, 2.45) is 0 Å². The number of aromatic nitrogens is 3. The zero-order valence-electron chi connectivity index (χ0n) is 18.2. The van der Waals surface area contributed by atoms with Gasteiger partial charge in [0, 0.05) is 24.6 Å². The molecule has 1 spiro atoms. The molecule has 2 saturated carbocycles. The summed E-state index contributed by atoms with van der Waals surface area (Å²) in [5, 5.41) is 8.82. The van der Waals surface area contributed by atoms with Gasteiger partial charge in [-0.25, -0.2) is 9.37 Å². The van der Waals surface area contributed by atoms with Crippen LogP contribution in [0.5, 0.6) is 0 Å². The van der Waals surface area contributed by atoms with Crippen LogP contribution in [0, 0.1) is 5.82 Å². The number of amides is 2. The lowest BCUT2D eigenvalue weighted by Gasteiger charge is -2.56. The van der Waals surface area contributed by atoms with Crippen molar-refractivity contribution in [3.8, 4) is 0 Å². The van der Waals surface area contributed by atoms with E-state index in [1.54, 1.807) is 29.2 Å². The molecule has 8 nitrogen and oxygen atoms in total. The maximum absolute atomic E-state index is 13.8. The maximum atomic E-state index is 13.8. The van der Waals surface area contributed by atoms with Gasteiger partial charge in [0.1, 0.15) is 23.7 Å². The summed E-state index contributed by atoms with van der Waals surface area (Å²) in [6.07, 6.45) is 4.30. The zero-order chi connectivity index (χ0) is 23.4. The molecule has 0 N–H and O–H groups in total. The number of rotatable bonds is 5. The minimum atomic E-state index is -1.07. The molecule has 2 amide bonds. The minimum absolute atomic E-state index is 0.120. The summed E-state index contributed by atoms with van der Waals surface area (Å²) >= 11 is 5.96. The van der Waals surface area contributed by atoms with Gasteiger partial charge in [-0.1, -0.05) is 23.7 Å². The molecule has 6 rings (SSSR count). The average molecular weight is 482 g/mol. The smallest absolute Gasteiger partial charge is 0.254 e. The number of carbonyl (C=O) groups excluding carboxylic acids is 2. The van der Waals surface area contributed by atoms with E-state index in [0.717, 1.165) is 18.4 Å². The van der Waals surface area contributed by atoms with Crippen LogP contribution in [-0.4, -0.2) is 44.0 Å². The van der Waals surface area contributed by atoms with E-state index >= 15 is 0 Å². The second-order valence-electron chi connectivity index (χ2n) is 9.22. The first-order chi connectivity index (χ1) is 16.4. The molecule has 2 aliphatic carbocycles. The largest absolute Gasteiger partial charge is 0.425 e. The SMILES string of the molecule is O=C1CN(c2ccc(Cl)cn2)C(=O)[C@]2(C[C@@H](c3nnc(C4CC4)o3)C2)N1Cc1ccc(F)cc1. The monoisotopic (exact) mass is 481 g/mol. The highest BCUT2D eigenvalue weighted by Gasteiger charge is 2.61. The Hall–Kier alpha value is -3.33. The van der Waals surface area contributed by atoms with Gasteiger partial charge in [-0.3, -0.25) is 14.5 Å². The maximum Gasteiger partial charge on any atom is 0.254 e. The fraction of sp³-hybridized carbons (Fsp3) is 0.375. The second-order valence-corrected chi connectivity index (χ2v) is 9.66. The van der Waals surface area contributed by atoms with Crippen molar-refractivity contribution in [3.63, 3.8) is 0 Å². The Labute approximate surface area is 199 Å². The number of nitrogens with zero attached hydrogens (tertiary/aromatic N) is 5. The fourth-order valence-electron chi connectivity index (χ4n) is 4.85. The summed E-state index contributed by atoms with van der Waals surface area (Å²) in [6, 6.07) is 9.23. The summed E-state index contributed by atoms with van der Waals surface area (Å²) in [7, 11) is 0. The third kappa shape index (κ3) is 3.55. The molecule has 0 atom stereocenters. The van der Waals surface area contributed by atoms with Crippen molar-refractivity contribution in [2.75, 3.05) is 11.4 Å². The Morgan fingerprint density at radius 1 is 1.03 bits per heavy atom. The number of hydrogen-bond donors (Lipinski definition) is 0. The quantitative estimate of drug-likeness (QED) is 0.550. The Balaban J connectivity index is 1.31.